The van der Waals surface area contributed by atoms with Gasteiger partial charge in [-0.3, -0.25) is 0 Å². The van der Waals surface area contributed by atoms with Crippen molar-refractivity contribution in [1.29, 1.82) is 0 Å². The first-order valence-corrected chi connectivity index (χ1v) is 7.14. The van der Waals surface area contributed by atoms with Gasteiger partial charge in [0.2, 0.25) is 0 Å². The molecule has 0 aromatic heterocycles. The van der Waals surface area contributed by atoms with Gasteiger partial charge in [-0.05, 0) is 44.4 Å². The van der Waals surface area contributed by atoms with E-state index in [2.05, 4.69) is 39.5 Å². The van der Waals surface area contributed by atoms with Crippen LogP contribution in [0, 0.1) is 5.41 Å². The number of hydrogen-bond donors (Lipinski definition) is 1. The molecule has 2 rings (SSSR count). The second kappa shape index (κ2) is 5.45. The van der Waals surface area contributed by atoms with Crippen molar-refractivity contribution in [2.75, 3.05) is 0 Å². The summed E-state index contributed by atoms with van der Waals surface area (Å²) in [7, 11) is 0. The molecule has 2 atom stereocenters. The van der Waals surface area contributed by atoms with Gasteiger partial charge in [-0.25, -0.2) is 0 Å². The number of rotatable bonds is 6. The maximum Gasteiger partial charge on any atom is 0.115 e. The van der Waals surface area contributed by atoms with Gasteiger partial charge in [0.1, 0.15) is 5.75 Å². The zero-order valence-corrected chi connectivity index (χ0v) is 12.6. The van der Waals surface area contributed by atoms with Gasteiger partial charge in [-0.1, -0.05) is 37.3 Å². The van der Waals surface area contributed by atoms with Crippen LogP contribution in [0.3, 0.4) is 0 Å². The fraction of sp³-hybridized carbons (Fsp3) is 0.444. The maximum absolute atomic E-state index is 9.28. The lowest BCUT2D eigenvalue weighted by Crippen LogP contribution is -2.12. The first-order chi connectivity index (χ1) is 9.35. The summed E-state index contributed by atoms with van der Waals surface area (Å²) in [6.07, 6.45) is 8.72. The van der Waals surface area contributed by atoms with Gasteiger partial charge in [0.05, 0.1) is 11.7 Å². The van der Waals surface area contributed by atoms with Gasteiger partial charge in [0, 0.05) is 5.41 Å². The Balaban J connectivity index is 1.96. The molecule has 1 aliphatic rings. The standard InChI is InChI=1S/C18H24O2/c1-5-18(4,13-11-16-17(2,3)20-16)12-10-14-6-8-15(19)9-7-14/h5-10,12,16,19H,1,11,13H2,2-4H3/b12-10+. The topological polar surface area (TPSA) is 32.8 Å². The van der Waals surface area contributed by atoms with Gasteiger partial charge in [0.25, 0.3) is 0 Å². The number of phenols is 1. The van der Waals surface area contributed by atoms with Crippen molar-refractivity contribution in [1.82, 2.24) is 0 Å². The summed E-state index contributed by atoms with van der Waals surface area (Å²) in [4.78, 5) is 0. The summed E-state index contributed by atoms with van der Waals surface area (Å²) in [5, 5.41) is 9.28. The number of hydrogen-bond acceptors (Lipinski definition) is 2. The Labute approximate surface area is 121 Å². The molecule has 0 amide bonds. The number of epoxide rings is 1. The smallest absolute Gasteiger partial charge is 0.115 e. The van der Waals surface area contributed by atoms with Crippen LogP contribution in [0.5, 0.6) is 5.75 Å². The quantitative estimate of drug-likeness (QED) is 0.608. The van der Waals surface area contributed by atoms with Gasteiger partial charge in [0.15, 0.2) is 0 Å². The highest BCUT2D eigenvalue weighted by atomic mass is 16.6. The summed E-state index contributed by atoms with van der Waals surface area (Å²) in [6.45, 7) is 10.4. The van der Waals surface area contributed by atoms with Crippen LogP contribution in [-0.2, 0) is 4.74 Å². The number of aromatic hydroxyl groups is 1. The molecule has 108 valence electrons. The summed E-state index contributed by atoms with van der Waals surface area (Å²) in [5.74, 6) is 0.293. The molecule has 0 saturated carbocycles. The van der Waals surface area contributed by atoms with Gasteiger partial charge < -0.3 is 9.84 Å². The van der Waals surface area contributed by atoms with E-state index in [0.717, 1.165) is 18.4 Å². The van der Waals surface area contributed by atoms with E-state index in [-0.39, 0.29) is 11.0 Å². The second-order valence-electron chi connectivity index (χ2n) is 6.38. The van der Waals surface area contributed by atoms with Crippen LogP contribution in [-0.4, -0.2) is 16.8 Å². The average molecular weight is 272 g/mol. The molecule has 0 bridgehead atoms. The second-order valence-corrected chi connectivity index (χ2v) is 6.38. The van der Waals surface area contributed by atoms with Crippen molar-refractivity contribution >= 4 is 6.08 Å². The number of phenolic OH excluding ortho intramolecular Hbond substituents is 1. The number of ether oxygens (including phenoxy) is 1. The monoisotopic (exact) mass is 272 g/mol. The van der Waals surface area contributed by atoms with E-state index in [1.807, 2.05) is 18.2 Å². The normalized spacial score (nSPS) is 23.4. The Morgan fingerprint density at radius 1 is 1.35 bits per heavy atom. The van der Waals surface area contributed by atoms with E-state index in [9.17, 15) is 5.11 Å². The largest absolute Gasteiger partial charge is 0.508 e. The van der Waals surface area contributed by atoms with Gasteiger partial charge in [-0.15, -0.1) is 6.58 Å². The minimum absolute atomic E-state index is 0.0279. The molecule has 0 radical (unpaired) electrons. The molecule has 1 aromatic rings. The van der Waals surface area contributed by atoms with Crippen LogP contribution in [0.4, 0.5) is 0 Å². The zero-order valence-electron chi connectivity index (χ0n) is 12.6. The van der Waals surface area contributed by atoms with Crippen LogP contribution in [0.2, 0.25) is 0 Å². The van der Waals surface area contributed by atoms with Crippen LogP contribution < -0.4 is 0 Å². The van der Waals surface area contributed by atoms with E-state index in [0.29, 0.717) is 11.9 Å². The predicted octanol–water partition coefficient (Wildman–Crippen LogP) is 4.56. The lowest BCUT2D eigenvalue weighted by atomic mass is 9.83. The van der Waals surface area contributed by atoms with E-state index >= 15 is 0 Å². The van der Waals surface area contributed by atoms with Gasteiger partial charge in [-0.2, -0.15) is 0 Å². The summed E-state index contributed by atoms with van der Waals surface area (Å²) in [6, 6.07) is 7.21. The molecule has 1 fully saturated rings. The maximum atomic E-state index is 9.28. The third-order valence-electron chi connectivity index (χ3n) is 4.13. The molecule has 0 aliphatic carbocycles. The van der Waals surface area contributed by atoms with Crippen molar-refractivity contribution in [3.8, 4) is 5.75 Å². The third-order valence-corrected chi connectivity index (χ3v) is 4.13. The Morgan fingerprint density at radius 3 is 2.45 bits per heavy atom. The summed E-state index contributed by atoms with van der Waals surface area (Å²) in [5.41, 5.74) is 1.11. The van der Waals surface area contributed by atoms with Crippen LogP contribution in [0.15, 0.2) is 43.0 Å². The molecule has 1 aliphatic heterocycles. The SMILES string of the molecule is C=CC(C)(/C=C/c1ccc(O)cc1)CCC1OC1(C)C. The fourth-order valence-electron chi connectivity index (χ4n) is 2.31. The van der Waals surface area contributed by atoms with Crippen LogP contribution in [0.1, 0.15) is 39.2 Å². The van der Waals surface area contributed by atoms with Crippen molar-refractivity contribution in [3.63, 3.8) is 0 Å². The van der Waals surface area contributed by atoms with Crippen molar-refractivity contribution in [2.45, 2.75) is 45.3 Å². The molecule has 2 heteroatoms. The van der Waals surface area contributed by atoms with Gasteiger partial charge >= 0.3 is 0 Å². The number of benzene rings is 1. The van der Waals surface area contributed by atoms with Crippen LogP contribution in [0.25, 0.3) is 6.08 Å². The average Bonchev–Trinajstić information content (AvgIpc) is 3.04. The molecular formula is C18H24O2. The molecule has 2 unspecified atom stereocenters. The van der Waals surface area contributed by atoms with E-state index in [4.69, 9.17) is 4.74 Å². The Morgan fingerprint density at radius 2 is 1.95 bits per heavy atom. The summed E-state index contributed by atoms with van der Waals surface area (Å²) < 4.78 is 5.63. The minimum atomic E-state index is -0.0279. The van der Waals surface area contributed by atoms with Crippen LogP contribution >= 0.6 is 0 Å². The molecular weight excluding hydrogens is 248 g/mol. The molecule has 0 spiro atoms. The van der Waals surface area contributed by atoms with Crippen molar-refractivity contribution < 1.29 is 9.84 Å². The molecule has 1 aromatic carbocycles. The highest BCUT2D eigenvalue weighted by Gasteiger charge is 2.47. The Kier molecular flexibility index (Phi) is 4.05. The van der Waals surface area contributed by atoms with E-state index in [1.54, 1.807) is 12.1 Å². The predicted molar refractivity (Wildman–Crippen MR) is 83.6 cm³/mol. The first-order valence-electron chi connectivity index (χ1n) is 7.14. The Bertz CT molecular complexity index is 499. The Hall–Kier alpha value is -1.54. The number of allylic oxidation sites excluding steroid dienone is 2. The lowest BCUT2D eigenvalue weighted by molar-refractivity contribution is 0.311. The molecule has 2 nitrogen and oxygen atoms in total. The molecule has 1 N–H and O–H groups in total. The third kappa shape index (κ3) is 3.73. The van der Waals surface area contributed by atoms with Crippen molar-refractivity contribution in [3.05, 3.63) is 48.6 Å². The van der Waals surface area contributed by atoms with E-state index in [1.165, 1.54) is 0 Å². The van der Waals surface area contributed by atoms with E-state index < -0.39 is 0 Å². The molecule has 1 saturated heterocycles. The molecule has 20 heavy (non-hydrogen) atoms. The summed E-state index contributed by atoms with van der Waals surface area (Å²) >= 11 is 0. The highest BCUT2D eigenvalue weighted by Crippen LogP contribution is 2.41. The zero-order chi connectivity index (χ0) is 14.8. The fourth-order valence-corrected chi connectivity index (χ4v) is 2.31. The molecule has 1 heterocycles. The first kappa shape index (κ1) is 14.9. The lowest BCUT2D eigenvalue weighted by Gasteiger charge is -2.21. The van der Waals surface area contributed by atoms with Crippen molar-refractivity contribution in [2.24, 2.45) is 5.41 Å². The highest BCUT2D eigenvalue weighted by molar-refractivity contribution is 5.51. The minimum Gasteiger partial charge on any atom is -0.508 e.